The summed E-state index contributed by atoms with van der Waals surface area (Å²) in [7, 11) is 0. The molecule has 0 radical (unpaired) electrons. The summed E-state index contributed by atoms with van der Waals surface area (Å²) in [5.74, 6) is -2.30. The van der Waals surface area contributed by atoms with Crippen molar-refractivity contribution in [3.8, 4) is 0 Å². The van der Waals surface area contributed by atoms with Gasteiger partial charge in [-0.25, -0.2) is 0 Å². The van der Waals surface area contributed by atoms with Gasteiger partial charge in [0.2, 0.25) is 0 Å². The zero-order chi connectivity index (χ0) is 11.8. The van der Waals surface area contributed by atoms with Gasteiger partial charge < -0.3 is 0 Å². The van der Waals surface area contributed by atoms with Crippen molar-refractivity contribution in [3.05, 3.63) is 0 Å². The molecule has 0 aromatic carbocycles. The molecule has 4 aliphatic carbocycles. The Morgan fingerprint density at radius 1 is 1.00 bits per heavy atom. The first-order valence-corrected chi connectivity index (χ1v) is 9.67. The molecule has 4 rings (SSSR count). The molecule has 0 unspecified atom stereocenters. The fourth-order valence-corrected chi connectivity index (χ4v) is 8.41. The lowest BCUT2D eigenvalue weighted by molar-refractivity contribution is -0.0801. The van der Waals surface area contributed by atoms with Crippen molar-refractivity contribution in [1.29, 1.82) is 0 Å². The first-order chi connectivity index (χ1) is 7.16. The lowest BCUT2D eigenvalue weighted by Crippen LogP contribution is -2.57. The maximum atomic E-state index is 12.3. The summed E-state index contributed by atoms with van der Waals surface area (Å²) in [6.45, 7) is 4.68. The molecule has 0 heterocycles. The normalized spacial score (nSPS) is 55.6. The predicted molar refractivity (Wildman–Crippen MR) is 69.4 cm³/mol. The Labute approximate surface area is 107 Å². The Balaban J connectivity index is 2.08. The van der Waals surface area contributed by atoms with Gasteiger partial charge in [0.05, 0.1) is 5.16 Å². The monoisotopic (exact) mass is 280 g/mol. The van der Waals surface area contributed by atoms with E-state index in [9.17, 15) is 4.57 Å². The summed E-state index contributed by atoms with van der Waals surface area (Å²) >= 11 is 12.2. The molecule has 92 valence electrons. The van der Waals surface area contributed by atoms with E-state index in [1.165, 1.54) is 19.3 Å². The van der Waals surface area contributed by atoms with Crippen LogP contribution in [0.15, 0.2) is 0 Å². The predicted octanol–water partition coefficient (Wildman–Crippen LogP) is 5.41. The van der Waals surface area contributed by atoms with Gasteiger partial charge in [-0.05, 0) is 77.8 Å². The van der Waals surface area contributed by atoms with E-state index in [4.69, 9.17) is 22.5 Å². The zero-order valence-corrected chi connectivity index (χ0v) is 12.3. The third-order valence-corrected chi connectivity index (χ3v) is 8.90. The van der Waals surface area contributed by atoms with Crippen LogP contribution in [0.5, 0.6) is 0 Å². The van der Waals surface area contributed by atoms with Crippen molar-refractivity contribution in [2.75, 3.05) is 0 Å². The van der Waals surface area contributed by atoms with E-state index in [1.807, 2.05) is 0 Å². The van der Waals surface area contributed by atoms with Gasteiger partial charge in [0.25, 0.3) is 5.85 Å². The largest absolute Gasteiger partial charge is 0.289 e. The van der Waals surface area contributed by atoms with Crippen LogP contribution in [0.2, 0.25) is 0 Å². The molecule has 4 aliphatic rings. The zero-order valence-electron chi connectivity index (χ0n) is 9.93. The van der Waals surface area contributed by atoms with Crippen LogP contribution in [0.25, 0.3) is 0 Å². The van der Waals surface area contributed by atoms with Crippen molar-refractivity contribution in [3.63, 3.8) is 0 Å². The van der Waals surface area contributed by atoms with E-state index >= 15 is 0 Å². The van der Waals surface area contributed by atoms with Gasteiger partial charge in [0.15, 0.2) is 0 Å². The SMILES string of the molecule is C[C@@]12CC3CC(P(=O)(Cl)Cl)(C1)C[C@@](C)(C3)C2. The van der Waals surface area contributed by atoms with E-state index in [2.05, 4.69) is 13.8 Å². The second-order valence-corrected chi connectivity index (χ2v) is 12.6. The summed E-state index contributed by atoms with van der Waals surface area (Å²) in [6, 6.07) is 0. The molecule has 4 saturated carbocycles. The van der Waals surface area contributed by atoms with Crippen molar-refractivity contribution < 1.29 is 4.57 Å². The molecule has 0 N–H and O–H groups in total. The first kappa shape index (κ1) is 11.9. The molecule has 0 aromatic rings. The van der Waals surface area contributed by atoms with Crippen LogP contribution in [-0.4, -0.2) is 5.16 Å². The van der Waals surface area contributed by atoms with E-state index < -0.39 is 5.85 Å². The van der Waals surface area contributed by atoms with Crippen LogP contribution in [-0.2, 0) is 4.57 Å². The molecule has 0 aromatic heterocycles. The lowest BCUT2D eigenvalue weighted by Gasteiger charge is -2.65. The molecular weight excluding hydrogens is 262 g/mol. The van der Waals surface area contributed by atoms with Crippen LogP contribution in [0.3, 0.4) is 0 Å². The highest BCUT2D eigenvalue weighted by Crippen LogP contribution is 2.81. The van der Waals surface area contributed by atoms with E-state index in [0.29, 0.717) is 16.7 Å². The van der Waals surface area contributed by atoms with Crippen LogP contribution in [0, 0.1) is 16.7 Å². The van der Waals surface area contributed by atoms with Gasteiger partial charge in [0, 0.05) is 0 Å². The topological polar surface area (TPSA) is 17.1 Å². The minimum absolute atomic E-state index is 0.251. The van der Waals surface area contributed by atoms with Crippen molar-refractivity contribution in [2.24, 2.45) is 16.7 Å². The third kappa shape index (κ3) is 1.54. The minimum Gasteiger partial charge on any atom is -0.289 e. The minimum atomic E-state index is -3.01. The average Bonchev–Trinajstić information content (AvgIpc) is 1.92. The van der Waals surface area contributed by atoms with Gasteiger partial charge in [-0.15, -0.1) is 0 Å². The Morgan fingerprint density at radius 2 is 1.50 bits per heavy atom. The van der Waals surface area contributed by atoms with E-state index in [-0.39, 0.29) is 5.16 Å². The molecular formula is C12H19Cl2OP. The Kier molecular flexibility index (Phi) is 2.25. The summed E-state index contributed by atoms with van der Waals surface area (Å²) in [5.41, 5.74) is 0.682. The van der Waals surface area contributed by atoms with Crippen molar-refractivity contribution >= 4 is 28.3 Å². The molecule has 0 aliphatic heterocycles. The average molecular weight is 281 g/mol. The van der Waals surface area contributed by atoms with E-state index in [0.717, 1.165) is 19.3 Å². The lowest BCUT2D eigenvalue weighted by atomic mass is 9.45. The molecule has 16 heavy (non-hydrogen) atoms. The summed E-state index contributed by atoms with van der Waals surface area (Å²) < 4.78 is 12.3. The Morgan fingerprint density at radius 3 is 1.88 bits per heavy atom. The second-order valence-electron chi connectivity index (χ2n) is 7.32. The van der Waals surface area contributed by atoms with Crippen LogP contribution in [0.1, 0.15) is 52.4 Å². The summed E-state index contributed by atoms with van der Waals surface area (Å²) in [5, 5.41) is -0.251. The molecule has 4 heteroatoms. The number of hydrogen-bond donors (Lipinski definition) is 0. The van der Waals surface area contributed by atoms with Crippen molar-refractivity contribution in [1.82, 2.24) is 0 Å². The number of rotatable bonds is 1. The molecule has 1 nitrogen and oxygen atoms in total. The highest BCUT2D eigenvalue weighted by molar-refractivity contribution is 8.09. The second kappa shape index (κ2) is 3.03. The van der Waals surface area contributed by atoms with Gasteiger partial charge in [-0.3, -0.25) is 4.57 Å². The highest BCUT2D eigenvalue weighted by Gasteiger charge is 2.65. The molecule has 4 bridgehead atoms. The molecule has 0 saturated heterocycles. The van der Waals surface area contributed by atoms with Gasteiger partial charge in [0.1, 0.15) is 0 Å². The smallest absolute Gasteiger partial charge is 0.259 e. The van der Waals surface area contributed by atoms with Crippen molar-refractivity contribution in [2.45, 2.75) is 57.5 Å². The number of halogens is 2. The van der Waals surface area contributed by atoms with Gasteiger partial charge in [-0.1, -0.05) is 13.8 Å². The Bertz CT molecular complexity index is 370. The summed E-state index contributed by atoms with van der Waals surface area (Å²) in [6.07, 6.45) is 6.82. The third-order valence-electron chi connectivity index (χ3n) is 5.15. The molecule has 0 spiro atoms. The number of hydrogen-bond acceptors (Lipinski definition) is 1. The van der Waals surface area contributed by atoms with E-state index in [1.54, 1.807) is 0 Å². The standard InChI is InChI=1S/C12H19Cl2OP/c1-10-3-9-4-11(2,6-10)8-12(5-9,7-10)16(13,14)15/h9H,3-8H2,1-2H3/t9?,10-,11-,12?/m0/s1. The maximum Gasteiger partial charge on any atom is 0.259 e. The Hall–Kier alpha value is 0.810. The highest BCUT2D eigenvalue weighted by atomic mass is 35.9. The first-order valence-electron chi connectivity index (χ1n) is 6.15. The fraction of sp³-hybridized carbons (Fsp3) is 1.00. The quantitative estimate of drug-likeness (QED) is 0.587. The summed E-state index contributed by atoms with van der Waals surface area (Å²) in [4.78, 5) is 0. The molecule has 0 amide bonds. The maximum absolute atomic E-state index is 12.3. The van der Waals surface area contributed by atoms with Crippen LogP contribution in [0.4, 0.5) is 0 Å². The fourth-order valence-electron chi connectivity index (χ4n) is 5.68. The van der Waals surface area contributed by atoms with Crippen LogP contribution >= 0.6 is 28.3 Å². The van der Waals surface area contributed by atoms with Crippen LogP contribution < -0.4 is 0 Å². The molecule has 4 fully saturated rings. The van der Waals surface area contributed by atoms with Gasteiger partial charge in [-0.2, -0.15) is 0 Å². The molecule has 2 atom stereocenters. The van der Waals surface area contributed by atoms with Gasteiger partial charge >= 0.3 is 0 Å².